The van der Waals surface area contributed by atoms with Crippen LogP contribution >= 0.6 is 12.2 Å². The van der Waals surface area contributed by atoms with Crippen molar-refractivity contribution in [3.8, 4) is 0 Å². The Labute approximate surface area is 161 Å². The molecule has 1 N–H and O–H groups in total. The van der Waals surface area contributed by atoms with Gasteiger partial charge in [-0.15, -0.1) is 0 Å². The second-order valence-corrected chi connectivity index (χ2v) is 7.84. The summed E-state index contributed by atoms with van der Waals surface area (Å²) in [7, 11) is 0. The second kappa shape index (κ2) is 7.78. The summed E-state index contributed by atoms with van der Waals surface area (Å²) in [6.07, 6.45) is 11.9. The smallest absolute Gasteiger partial charge is 0.170 e. The third kappa shape index (κ3) is 3.25. The van der Waals surface area contributed by atoms with Gasteiger partial charge in [-0.2, -0.15) is 0 Å². The van der Waals surface area contributed by atoms with Gasteiger partial charge in [-0.05, 0) is 55.7 Å². The van der Waals surface area contributed by atoms with Crippen molar-refractivity contribution in [3.63, 3.8) is 0 Å². The Balaban J connectivity index is 1.72. The number of nitrogens with zero attached hydrogens (tertiary/aromatic N) is 3. The lowest BCUT2D eigenvalue weighted by Crippen LogP contribution is -2.31. The van der Waals surface area contributed by atoms with E-state index in [1.165, 1.54) is 37.8 Å². The normalized spacial score (nSPS) is 24.0. The van der Waals surface area contributed by atoms with E-state index in [0.717, 1.165) is 23.8 Å². The lowest BCUT2D eigenvalue weighted by Gasteiger charge is -2.32. The first kappa shape index (κ1) is 17.5. The highest BCUT2D eigenvalue weighted by Crippen LogP contribution is 2.41. The molecule has 0 spiro atoms. The lowest BCUT2D eigenvalue weighted by molar-refractivity contribution is 0.280. The molecular formula is C21H28N4S. The molecule has 4 nitrogen and oxygen atoms in total. The van der Waals surface area contributed by atoms with Crippen LogP contribution in [0.25, 0.3) is 0 Å². The number of thiocarbonyl (C=S) groups is 1. The lowest BCUT2D eigenvalue weighted by atomic mass is 9.94. The fourth-order valence-corrected chi connectivity index (χ4v) is 4.89. The van der Waals surface area contributed by atoms with Gasteiger partial charge < -0.3 is 14.8 Å². The fourth-order valence-electron chi connectivity index (χ4n) is 4.56. The maximum Gasteiger partial charge on any atom is 0.170 e. The standard InChI is InChI=1S/C21H28N4S/c1-2-14-25-20(19(23-21(25)26)17-11-6-7-13-22-17)18-12-8-15-24(18)16-9-4-3-5-10-16/h6-8,11-13,15-16,19-20H,2-5,9-10,14H2,1H3,(H,23,26)/t19-,20+/m1/s1. The van der Waals surface area contributed by atoms with E-state index < -0.39 is 0 Å². The molecule has 2 aliphatic rings. The number of hydrogen-bond acceptors (Lipinski definition) is 2. The van der Waals surface area contributed by atoms with Crippen molar-refractivity contribution in [2.75, 3.05) is 6.54 Å². The molecule has 0 unspecified atom stereocenters. The molecular weight excluding hydrogens is 340 g/mol. The monoisotopic (exact) mass is 368 g/mol. The Hall–Kier alpha value is -1.88. The highest BCUT2D eigenvalue weighted by Gasteiger charge is 2.41. The van der Waals surface area contributed by atoms with Crippen LogP contribution in [0.2, 0.25) is 0 Å². The first-order valence-corrected chi connectivity index (χ1v) is 10.3. The first-order valence-electron chi connectivity index (χ1n) is 9.94. The Morgan fingerprint density at radius 1 is 1.15 bits per heavy atom. The van der Waals surface area contributed by atoms with Crippen molar-refractivity contribution in [1.29, 1.82) is 0 Å². The van der Waals surface area contributed by atoms with Crippen LogP contribution in [0.4, 0.5) is 0 Å². The summed E-state index contributed by atoms with van der Waals surface area (Å²) in [5.41, 5.74) is 2.43. The molecule has 0 radical (unpaired) electrons. The van der Waals surface area contributed by atoms with E-state index in [9.17, 15) is 0 Å². The molecule has 2 atom stereocenters. The number of pyridine rings is 1. The van der Waals surface area contributed by atoms with Crippen molar-refractivity contribution >= 4 is 17.3 Å². The van der Waals surface area contributed by atoms with E-state index in [2.05, 4.69) is 57.2 Å². The zero-order valence-corrected chi connectivity index (χ0v) is 16.3. The van der Waals surface area contributed by atoms with Crippen molar-refractivity contribution in [3.05, 3.63) is 54.1 Å². The predicted octanol–water partition coefficient (Wildman–Crippen LogP) is 4.77. The molecule has 1 saturated heterocycles. The number of aromatic nitrogens is 2. The van der Waals surface area contributed by atoms with Gasteiger partial charge in [-0.3, -0.25) is 4.98 Å². The van der Waals surface area contributed by atoms with Gasteiger partial charge in [0.15, 0.2) is 5.11 Å². The van der Waals surface area contributed by atoms with Gasteiger partial charge >= 0.3 is 0 Å². The minimum atomic E-state index is 0.104. The van der Waals surface area contributed by atoms with Crippen molar-refractivity contribution in [2.45, 2.75) is 63.6 Å². The SMILES string of the molecule is CCCN1C(=S)N[C@H](c2ccccn2)[C@@H]1c1cccn1C1CCCCC1. The first-order chi connectivity index (χ1) is 12.8. The summed E-state index contributed by atoms with van der Waals surface area (Å²) in [6.45, 7) is 3.18. The fraction of sp³-hybridized carbons (Fsp3) is 0.524. The maximum atomic E-state index is 5.71. The summed E-state index contributed by atoms with van der Waals surface area (Å²) < 4.78 is 2.53. The van der Waals surface area contributed by atoms with E-state index in [4.69, 9.17) is 12.2 Å². The maximum absolute atomic E-state index is 5.71. The molecule has 1 aliphatic carbocycles. The highest BCUT2D eigenvalue weighted by molar-refractivity contribution is 7.80. The van der Waals surface area contributed by atoms with Crippen LogP contribution in [-0.2, 0) is 0 Å². The molecule has 4 rings (SSSR count). The van der Waals surface area contributed by atoms with E-state index in [0.29, 0.717) is 6.04 Å². The summed E-state index contributed by atoms with van der Waals surface area (Å²) in [4.78, 5) is 7.00. The quantitative estimate of drug-likeness (QED) is 0.771. The van der Waals surface area contributed by atoms with Gasteiger partial charge in [-0.1, -0.05) is 32.3 Å². The van der Waals surface area contributed by atoms with Gasteiger partial charge in [0.1, 0.15) is 0 Å². The Morgan fingerprint density at radius 2 is 2.00 bits per heavy atom. The third-order valence-electron chi connectivity index (χ3n) is 5.75. The summed E-state index contributed by atoms with van der Waals surface area (Å²) in [5.74, 6) is 0. The zero-order chi connectivity index (χ0) is 17.9. The summed E-state index contributed by atoms with van der Waals surface area (Å²) >= 11 is 5.71. The topological polar surface area (TPSA) is 33.1 Å². The average Bonchev–Trinajstić information content (AvgIpc) is 3.28. The average molecular weight is 369 g/mol. The van der Waals surface area contributed by atoms with E-state index >= 15 is 0 Å². The van der Waals surface area contributed by atoms with E-state index in [-0.39, 0.29) is 12.1 Å². The van der Waals surface area contributed by atoms with E-state index in [1.807, 2.05) is 12.3 Å². The molecule has 2 aromatic rings. The highest BCUT2D eigenvalue weighted by atomic mass is 32.1. The van der Waals surface area contributed by atoms with Crippen LogP contribution in [0.3, 0.4) is 0 Å². The molecule has 5 heteroatoms. The number of hydrogen-bond donors (Lipinski definition) is 1. The largest absolute Gasteiger partial charge is 0.352 e. The number of rotatable bonds is 5. The molecule has 2 fully saturated rings. The van der Waals surface area contributed by atoms with Gasteiger partial charge in [-0.25, -0.2) is 0 Å². The summed E-state index contributed by atoms with van der Waals surface area (Å²) in [6, 6.07) is 11.6. The van der Waals surface area contributed by atoms with Crippen LogP contribution in [0.15, 0.2) is 42.7 Å². The minimum absolute atomic E-state index is 0.104. The third-order valence-corrected chi connectivity index (χ3v) is 6.10. The second-order valence-electron chi connectivity index (χ2n) is 7.45. The molecule has 26 heavy (non-hydrogen) atoms. The molecule has 0 bridgehead atoms. The Morgan fingerprint density at radius 3 is 2.73 bits per heavy atom. The van der Waals surface area contributed by atoms with E-state index in [1.54, 1.807) is 0 Å². The van der Waals surface area contributed by atoms with Crippen LogP contribution in [0.1, 0.15) is 75.0 Å². The van der Waals surface area contributed by atoms with Crippen LogP contribution in [-0.4, -0.2) is 26.1 Å². The number of nitrogens with one attached hydrogen (secondary N) is 1. The zero-order valence-electron chi connectivity index (χ0n) is 15.5. The predicted molar refractivity (Wildman–Crippen MR) is 109 cm³/mol. The van der Waals surface area contributed by atoms with Gasteiger partial charge in [0, 0.05) is 30.7 Å². The van der Waals surface area contributed by atoms with Crippen LogP contribution in [0.5, 0.6) is 0 Å². The van der Waals surface area contributed by atoms with Gasteiger partial charge in [0.25, 0.3) is 0 Å². The molecule has 0 amide bonds. The van der Waals surface area contributed by atoms with Crippen molar-refractivity contribution in [2.24, 2.45) is 0 Å². The molecule has 2 aromatic heterocycles. The van der Waals surface area contributed by atoms with Gasteiger partial charge in [0.05, 0.1) is 17.8 Å². The molecule has 138 valence electrons. The Kier molecular flexibility index (Phi) is 5.25. The van der Waals surface area contributed by atoms with Gasteiger partial charge in [0.2, 0.25) is 0 Å². The van der Waals surface area contributed by atoms with Crippen LogP contribution in [0, 0.1) is 0 Å². The van der Waals surface area contributed by atoms with Crippen molar-refractivity contribution in [1.82, 2.24) is 19.8 Å². The van der Waals surface area contributed by atoms with Crippen LogP contribution < -0.4 is 5.32 Å². The molecule has 1 aliphatic heterocycles. The Bertz CT molecular complexity index is 735. The molecule has 0 aromatic carbocycles. The minimum Gasteiger partial charge on any atom is -0.352 e. The molecule has 1 saturated carbocycles. The van der Waals surface area contributed by atoms with Crippen molar-refractivity contribution < 1.29 is 0 Å². The molecule has 3 heterocycles. The summed E-state index contributed by atoms with van der Waals surface area (Å²) in [5, 5.41) is 4.41.